The summed E-state index contributed by atoms with van der Waals surface area (Å²) in [6, 6.07) is 21.0. The standard InChI is InChI=1S/C23H17Br2N3O3/c24-18-12-17(21(29)19(25)13-18)14-26-28-23(31)20(11-15-7-3-1-4-8-15)27-22(30)16-9-5-2-6-10-16/h1-14,29H,(H,27,30)(H,28,31)/b20-11-,26-14?. The Labute approximate surface area is 195 Å². The smallest absolute Gasteiger partial charge is 0.287 e. The van der Waals surface area contributed by atoms with Crippen molar-refractivity contribution in [2.24, 2.45) is 5.10 Å². The molecule has 31 heavy (non-hydrogen) atoms. The number of carbonyl (C=O) groups is 2. The molecular formula is C23H17Br2N3O3. The molecule has 0 aliphatic heterocycles. The summed E-state index contributed by atoms with van der Waals surface area (Å²) in [6.07, 6.45) is 2.86. The highest BCUT2D eigenvalue weighted by atomic mass is 79.9. The molecule has 3 N–H and O–H groups in total. The van der Waals surface area contributed by atoms with E-state index in [1.165, 1.54) is 6.21 Å². The van der Waals surface area contributed by atoms with Crippen LogP contribution in [-0.2, 0) is 4.79 Å². The van der Waals surface area contributed by atoms with Crippen LogP contribution in [0.3, 0.4) is 0 Å². The number of phenols is 1. The maximum atomic E-state index is 12.7. The third kappa shape index (κ3) is 6.37. The number of carbonyl (C=O) groups excluding carboxylic acids is 2. The van der Waals surface area contributed by atoms with Crippen molar-refractivity contribution in [1.82, 2.24) is 10.7 Å². The van der Waals surface area contributed by atoms with Crippen LogP contribution in [0.1, 0.15) is 21.5 Å². The summed E-state index contributed by atoms with van der Waals surface area (Å²) in [5.41, 5.74) is 3.95. The molecular weight excluding hydrogens is 526 g/mol. The number of aromatic hydroxyl groups is 1. The highest BCUT2D eigenvalue weighted by molar-refractivity contribution is 9.11. The zero-order valence-corrected chi connectivity index (χ0v) is 19.2. The average molecular weight is 543 g/mol. The molecule has 0 aliphatic rings. The highest BCUT2D eigenvalue weighted by Crippen LogP contribution is 2.30. The number of hydrogen-bond donors (Lipinski definition) is 3. The Morgan fingerprint density at radius 3 is 2.26 bits per heavy atom. The normalized spacial score (nSPS) is 11.4. The largest absolute Gasteiger partial charge is 0.506 e. The van der Waals surface area contributed by atoms with Gasteiger partial charge < -0.3 is 10.4 Å². The van der Waals surface area contributed by atoms with Crippen molar-refractivity contribution in [1.29, 1.82) is 0 Å². The third-order valence-corrected chi connectivity index (χ3v) is 5.13. The van der Waals surface area contributed by atoms with Crippen molar-refractivity contribution in [3.8, 4) is 5.75 Å². The molecule has 8 heteroatoms. The van der Waals surface area contributed by atoms with E-state index in [-0.39, 0.29) is 11.4 Å². The molecule has 0 radical (unpaired) electrons. The van der Waals surface area contributed by atoms with Crippen LogP contribution in [0.15, 0.2) is 92.5 Å². The number of rotatable bonds is 6. The summed E-state index contributed by atoms with van der Waals surface area (Å²) in [5.74, 6) is -1.05. The fourth-order valence-electron chi connectivity index (χ4n) is 2.56. The number of benzene rings is 3. The molecule has 0 fully saturated rings. The number of hydrazone groups is 1. The van der Waals surface area contributed by atoms with Gasteiger partial charge in [0, 0.05) is 15.6 Å². The lowest BCUT2D eigenvalue weighted by molar-refractivity contribution is -0.117. The van der Waals surface area contributed by atoms with E-state index >= 15 is 0 Å². The molecule has 0 aliphatic carbocycles. The number of halogens is 2. The fourth-order valence-corrected chi connectivity index (χ4v) is 3.82. The fraction of sp³-hybridized carbons (Fsp3) is 0. The first-order valence-electron chi connectivity index (χ1n) is 9.08. The lowest BCUT2D eigenvalue weighted by atomic mass is 10.1. The van der Waals surface area contributed by atoms with Crippen molar-refractivity contribution >= 4 is 56.0 Å². The average Bonchev–Trinajstić information content (AvgIpc) is 2.77. The van der Waals surface area contributed by atoms with Gasteiger partial charge in [0.15, 0.2) is 0 Å². The highest BCUT2D eigenvalue weighted by Gasteiger charge is 2.14. The Morgan fingerprint density at radius 1 is 0.935 bits per heavy atom. The summed E-state index contributed by atoms with van der Waals surface area (Å²) in [7, 11) is 0. The van der Waals surface area contributed by atoms with Crippen LogP contribution in [0.4, 0.5) is 0 Å². The molecule has 2 amide bonds. The molecule has 0 unspecified atom stereocenters. The number of nitrogens with zero attached hydrogens (tertiary/aromatic N) is 1. The van der Waals surface area contributed by atoms with Crippen molar-refractivity contribution < 1.29 is 14.7 Å². The zero-order valence-electron chi connectivity index (χ0n) is 16.0. The number of amides is 2. The van der Waals surface area contributed by atoms with Crippen LogP contribution >= 0.6 is 31.9 Å². The van der Waals surface area contributed by atoms with Gasteiger partial charge in [0.05, 0.1) is 10.7 Å². The topological polar surface area (TPSA) is 90.8 Å². The van der Waals surface area contributed by atoms with E-state index in [0.717, 1.165) is 10.0 Å². The molecule has 3 rings (SSSR count). The Bertz CT molecular complexity index is 1150. The minimum atomic E-state index is -0.613. The number of phenolic OH excluding ortho intramolecular Hbond substituents is 1. The minimum absolute atomic E-state index is 0.0152. The number of hydrogen-bond acceptors (Lipinski definition) is 4. The Kier molecular flexibility index (Phi) is 7.75. The van der Waals surface area contributed by atoms with E-state index in [9.17, 15) is 14.7 Å². The van der Waals surface area contributed by atoms with Gasteiger partial charge in [-0.2, -0.15) is 5.10 Å². The first-order chi connectivity index (χ1) is 14.9. The van der Waals surface area contributed by atoms with Gasteiger partial charge in [0.25, 0.3) is 11.8 Å². The van der Waals surface area contributed by atoms with Crippen molar-refractivity contribution in [3.05, 3.63) is 104 Å². The summed E-state index contributed by atoms with van der Waals surface area (Å²) >= 11 is 6.57. The predicted molar refractivity (Wildman–Crippen MR) is 128 cm³/mol. The predicted octanol–water partition coefficient (Wildman–Crippen LogP) is 4.84. The van der Waals surface area contributed by atoms with Gasteiger partial charge in [0.2, 0.25) is 0 Å². The maximum absolute atomic E-state index is 12.7. The zero-order chi connectivity index (χ0) is 22.2. The molecule has 0 aromatic heterocycles. The molecule has 0 spiro atoms. The second kappa shape index (κ2) is 10.7. The van der Waals surface area contributed by atoms with Gasteiger partial charge in [-0.15, -0.1) is 0 Å². The maximum Gasteiger partial charge on any atom is 0.287 e. The first kappa shape index (κ1) is 22.5. The van der Waals surface area contributed by atoms with Gasteiger partial charge in [-0.3, -0.25) is 9.59 Å². The van der Waals surface area contributed by atoms with Crippen LogP contribution in [0.5, 0.6) is 5.75 Å². The summed E-state index contributed by atoms with van der Waals surface area (Å²) in [4.78, 5) is 25.3. The first-order valence-corrected chi connectivity index (χ1v) is 10.7. The Morgan fingerprint density at radius 2 is 1.58 bits per heavy atom. The van der Waals surface area contributed by atoms with Gasteiger partial charge in [0.1, 0.15) is 11.4 Å². The van der Waals surface area contributed by atoms with Crippen molar-refractivity contribution in [2.75, 3.05) is 0 Å². The molecule has 6 nitrogen and oxygen atoms in total. The van der Waals surface area contributed by atoms with Crippen LogP contribution in [-0.4, -0.2) is 23.1 Å². The van der Waals surface area contributed by atoms with E-state index in [2.05, 4.69) is 47.7 Å². The van der Waals surface area contributed by atoms with Gasteiger partial charge in [-0.1, -0.05) is 64.5 Å². The van der Waals surface area contributed by atoms with Gasteiger partial charge >= 0.3 is 0 Å². The molecule has 3 aromatic carbocycles. The Balaban J connectivity index is 1.81. The van der Waals surface area contributed by atoms with E-state index in [1.54, 1.807) is 48.5 Å². The molecule has 0 saturated carbocycles. The van der Waals surface area contributed by atoms with Crippen LogP contribution in [0.2, 0.25) is 0 Å². The molecule has 3 aromatic rings. The second-order valence-corrected chi connectivity index (χ2v) is 8.08. The quantitative estimate of drug-likeness (QED) is 0.236. The summed E-state index contributed by atoms with van der Waals surface area (Å²) in [6.45, 7) is 0. The van der Waals surface area contributed by atoms with E-state index in [1.807, 2.05) is 30.3 Å². The van der Waals surface area contributed by atoms with Crippen LogP contribution in [0.25, 0.3) is 6.08 Å². The third-order valence-electron chi connectivity index (χ3n) is 4.07. The minimum Gasteiger partial charge on any atom is -0.506 e. The summed E-state index contributed by atoms with van der Waals surface area (Å²) in [5, 5.41) is 16.6. The van der Waals surface area contributed by atoms with Crippen molar-refractivity contribution in [3.63, 3.8) is 0 Å². The molecule has 0 atom stereocenters. The molecule has 0 bridgehead atoms. The Hall–Kier alpha value is -3.23. The van der Waals surface area contributed by atoms with Gasteiger partial charge in [-0.25, -0.2) is 5.43 Å². The lowest BCUT2D eigenvalue weighted by Crippen LogP contribution is -2.32. The monoisotopic (exact) mass is 541 g/mol. The number of nitrogens with one attached hydrogen (secondary N) is 2. The van der Waals surface area contributed by atoms with Crippen LogP contribution in [0, 0.1) is 0 Å². The SMILES string of the molecule is O=C(NN=Cc1cc(Br)cc(Br)c1O)/C(=C/c1ccccc1)NC(=O)c1ccccc1. The van der Waals surface area contributed by atoms with Crippen LogP contribution < -0.4 is 10.7 Å². The lowest BCUT2D eigenvalue weighted by Gasteiger charge is -2.09. The molecule has 0 heterocycles. The van der Waals surface area contributed by atoms with E-state index < -0.39 is 11.8 Å². The molecule has 0 saturated heterocycles. The van der Waals surface area contributed by atoms with Gasteiger partial charge in [-0.05, 0) is 51.8 Å². The molecule has 156 valence electrons. The van der Waals surface area contributed by atoms with E-state index in [4.69, 9.17) is 0 Å². The summed E-state index contributed by atoms with van der Waals surface area (Å²) < 4.78 is 1.21. The van der Waals surface area contributed by atoms with E-state index in [0.29, 0.717) is 15.6 Å². The van der Waals surface area contributed by atoms with Crippen molar-refractivity contribution in [2.45, 2.75) is 0 Å². The second-order valence-electron chi connectivity index (χ2n) is 6.31.